The Morgan fingerprint density at radius 3 is 2.38 bits per heavy atom. The highest BCUT2D eigenvalue weighted by Crippen LogP contribution is 2.10. The summed E-state index contributed by atoms with van der Waals surface area (Å²) >= 11 is 0. The van der Waals surface area contributed by atoms with Gasteiger partial charge in [-0.1, -0.05) is 24.3 Å². The minimum Gasteiger partial charge on any atom is -0.357 e. The summed E-state index contributed by atoms with van der Waals surface area (Å²) in [6.07, 6.45) is 3.59. The topological polar surface area (TPSA) is 70.6 Å². The maximum Gasteiger partial charge on any atom is 0.191 e. The second-order valence-electron chi connectivity index (χ2n) is 6.59. The number of hydrogen-bond donors (Lipinski definition) is 2. The minimum absolute atomic E-state index is 0. The van der Waals surface area contributed by atoms with Crippen LogP contribution in [0.15, 0.2) is 58.4 Å². The molecule has 0 aliphatic carbocycles. The summed E-state index contributed by atoms with van der Waals surface area (Å²) in [7, 11) is -3.16. The van der Waals surface area contributed by atoms with E-state index in [1.165, 1.54) is 12.3 Å². The van der Waals surface area contributed by atoms with Gasteiger partial charge >= 0.3 is 0 Å². The first kappa shape index (κ1) is 25.4. The van der Waals surface area contributed by atoms with Crippen molar-refractivity contribution in [2.75, 3.05) is 25.9 Å². The average Bonchev–Trinajstić information content (AvgIpc) is 2.65. The number of benzene rings is 2. The fourth-order valence-corrected chi connectivity index (χ4v) is 3.37. The van der Waals surface area contributed by atoms with Crippen LogP contribution in [0.25, 0.3) is 0 Å². The van der Waals surface area contributed by atoms with Gasteiger partial charge in [0.05, 0.1) is 4.90 Å². The van der Waals surface area contributed by atoms with Crippen LogP contribution in [-0.2, 0) is 22.7 Å². The third-order valence-electron chi connectivity index (χ3n) is 4.18. The molecule has 8 heteroatoms. The molecule has 0 atom stereocenters. The molecule has 0 saturated heterocycles. The predicted octanol–water partition coefficient (Wildman–Crippen LogP) is 3.58. The van der Waals surface area contributed by atoms with Crippen LogP contribution in [-0.4, -0.2) is 40.3 Å². The number of aliphatic imine (C=N–C) groups is 1. The SMILES string of the molecule is CCNC(=NCCCc1cccc(F)c1)NCCc1ccc(S(C)(=O)=O)cc1.I. The molecule has 0 aliphatic rings. The average molecular weight is 533 g/mol. The fourth-order valence-electron chi connectivity index (χ4n) is 2.74. The molecule has 0 radical (unpaired) electrons. The molecule has 5 nitrogen and oxygen atoms in total. The second kappa shape index (κ2) is 12.8. The van der Waals surface area contributed by atoms with Gasteiger partial charge in [0.2, 0.25) is 0 Å². The van der Waals surface area contributed by atoms with Gasteiger partial charge in [-0.25, -0.2) is 12.8 Å². The maximum absolute atomic E-state index is 13.2. The Kier molecular flexibility index (Phi) is 11.2. The van der Waals surface area contributed by atoms with Gasteiger partial charge in [-0.2, -0.15) is 0 Å². The van der Waals surface area contributed by atoms with Crippen molar-refractivity contribution in [3.05, 3.63) is 65.5 Å². The molecule has 0 saturated carbocycles. The smallest absolute Gasteiger partial charge is 0.191 e. The van der Waals surface area contributed by atoms with Gasteiger partial charge < -0.3 is 10.6 Å². The highest BCUT2D eigenvalue weighted by molar-refractivity contribution is 14.0. The molecule has 0 aromatic heterocycles. The number of halogens is 2. The molecule has 0 amide bonds. The van der Waals surface area contributed by atoms with E-state index in [1.807, 2.05) is 25.1 Å². The van der Waals surface area contributed by atoms with Crippen molar-refractivity contribution in [2.24, 2.45) is 4.99 Å². The standard InChI is InChI=1S/C21H28FN3O2S.HI/c1-3-23-21(24-14-5-7-18-6-4-8-19(22)16-18)25-15-13-17-9-11-20(12-10-17)28(2,26)27;/h4,6,8-12,16H,3,5,7,13-15H2,1-2H3,(H2,23,24,25);1H. The minimum atomic E-state index is -3.16. The van der Waals surface area contributed by atoms with E-state index in [1.54, 1.807) is 24.3 Å². The molecule has 0 spiro atoms. The molecule has 0 aliphatic heterocycles. The Bertz CT molecular complexity index is 887. The van der Waals surface area contributed by atoms with Gasteiger partial charge in [-0.15, -0.1) is 24.0 Å². The van der Waals surface area contributed by atoms with E-state index in [0.717, 1.165) is 42.9 Å². The summed E-state index contributed by atoms with van der Waals surface area (Å²) in [5.41, 5.74) is 2.03. The molecule has 0 bridgehead atoms. The van der Waals surface area contributed by atoms with Gasteiger partial charge in [-0.05, 0) is 61.6 Å². The van der Waals surface area contributed by atoms with Crippen LogP contribution in [0.2, 0.25) is 0 Å². The van der Waals surface area contributed by atoms with Crippen molar-refractivity contribution in [3.8, 4) is 0 Å². The summed E-state index contributed by atoms with van der Waals surface area (Å²) in [4.78, 5) is 4.88. The molecule has 29 heavy (non-hydrogen) atoms. The Balaban J connectivity index is 0.00000420. The molecule has 2 rings (SSSR count). The first-order valence-corrected chi connectivity index (χ1v) is 11.3. The number of hydrogen-bond acceptors (Lipinski definition) is 3. The van der Waals surface area contributed by atoms with E-state index < -0.39 is 9.84 Å². The summed E-state index contributed by atoms with van der Waals surface area (Å²) in [5.74, 6) is 0.537. The summed E-state index contributed by atoms with van der Waals surface area (Å²) in [6, 6.07) is 13.6. The first-order chi connectivity index (χ1) is 13.4. The zero-order valence-electron chi connectivity index (χ0n) is 16.8. The summed E-state index contributed by atoms with van der Waals surface area (Å²) in [5, 5.41) is 6.49. The summed E-state index contributed by atoms with van der Waals surface area (Å²) in [6.45, 7) is 4.11. The molecule has 0 heterocycles. The van der Waals surface area contributed by atoms with Crippen molar-refractivity contribution in [1.29, 1.82) is 0 Å². The molecule has 0 unspecified atom stereocenters. The first-order valence-electron chi connectivity index (χ1n) is 9.44. The van der Waals surface area contributed by atoms with Crippen LogP contribution in [0.3, 0.4) is 0 Å². The predicted molar refractivity (Wildman–Crippen MR) is 127 cm³/mol. The van der Waals surface area contributed by atoms with Gasteiger partial charge in [0.1, 0.15) is 5.82 Å². The molecular formula is C21H29FIN3O2S. The number of sulfone groups is 1. The molecule has 2 aromatic rings. The fraction of sp³-hybridized carbons (Fsp3) is 0.381. The third-order valence-corrected chi connectivity index (χ3v) is 5.31. The number of rotatable bonds is 9. The molecule has 2 N–H and O–H groups in total. The largest absolute Gasteiger partial charge is 0.357 e. The van der Waals surface area contributed by atoms with Gasteiger partial charge in [0.25, 0.3) is 0 Å². The Morgan fingerprint density at radius 2 is 1.76 bits per heavy atom. The van der Waals surface area contributed by atoms with Crippen LogP contribution in [0.4, 0.5) is 4.39 Å². The van der Waals surface area contributed by atoms with Crippen LogP contribution in [0, 0.1) is 5.82 Å². The van der Waals surface area contributed by atoms with Crippen LogP contribution in [0.1, 0.15) is 24.5 Å². The van der Waals surface area contributed by atoms with E-state index >= 15 is 0 Å². The lowest BCUT2D eigenvalue weighted by Gasteiger charge is -2.11. The van der Waals surface area contributed by atoms with Crippen molar-refractivity contribution in [1.82, 2.24) is 10.6 Å². The lowest BCUT2D eigenvalue weighted by Crippen LogP contribution is -2.38. The molecular weight excluding hydrogens is 504 g/mol. The monoisotopic (exact) mass is 533 g/mol. The van der Waals surface area contributed by atoms with Gasteiger partial charge in [0, 0.05) is 25.9 Å². The Morgan fingerprint density at radius 1 is 1.03 bits per heavy atom. The van der Waals surface area contributed by atoms with Crippen LogP contribution >= 0.6 is 24.0 Å². The second-order valence-corrected chi connectivity index (χ2v) is 8.60. The van der Waals surface area contributed by atoms with Crippen LogP contribution in [0.5, 0.6) is 0 Å². The summed E-state index contributed by atoms with van der Waals surface area (Å²) < 4.78 is 36.2. The molecule has 2 aromatic carbocycles. The molecule has 0 fully saturated rings. The number of nitrogens with one attached hydrogen (secondary N) is 2. The van der Waals surface area contributed by atoms with Crippen molar-refractivity contribution in [2.45, 2.75) is 31.1 Å². The Labute approximate surface area is 190 Å². The number of guanidine groups is 1. The Hall–Kier alpha value is -1.68. The van der Waals surface area contributed by atoms with E-state index in [4.69, 9.17) is 0 Å². The maximum atomic E-state index is 13.2. The zero-order chi connectivity index (χ0) is 20.4. The molecule has 160 valence electrons. The van der Waals surface area contributed by atoms with E-state index in [9.17, 15) is 12.8 Å². The highest BCUT2D eigenvalue weighted by atomic mass is 127. The normalized spacial score (nSPS) is 11.6. The number of aryl methyl sites for hydroxylation is 1. The lowest BCUT2D eigenvalue weighted by atomic mass is 10.1. The highest BCUT2D eigenvalue weighted by Gasteiger charge is 2.06. The zero-order valence-corrected chi connectivity index (χ0v) is 20.0. The number of nitrogens with zero attached hydrogens (tertiary/aromatic N) is 1. The van der Waals surface area contributed by atoms with E-state index in [2.05, 4.69) is 15.6 Å². The quantitative estimate of drug-likeness (QED) is 0.224. The van der Waals surface area contributed by atoms with Gasteiger partial charge in [0.15, 0.2) is 15.8 Å². The lowest BCUT2D eigenvalue weighted by molar-refractivity contribution is 0.602. The van der Waals surface area contributed by atoms with Crippen molar-refractivity contribution >= 4 is 39.8 Å². The third kappa shape index (κ3) is 9.58. The van der Waals surface area contributed by atoms with Gasteiger partial charge in [-0.3, -0.25) is 4.99 Å². The van der Waals surface area contributed by atoms with Crippen molar-refractivity contribution in [3.63, 3.8) is 0 Å². The van der Waals surface area contributed by atoms with Crippen LogP contribution < -0.4 is 10.6 Å². The van der Waals surface area contributed by atoms with E-state index in [0.29, 0.717) is 18.0 Å². The van der Waals surface area contributed by atoms with Crippen molar-refractivity contribution < 1.29 is 12.8 Å². The van der Waals surface area contributed by atoms with E-state index in [-0.39, 0.29) is 29.8 Å².